The van der Waals surface area contributed by atoms with Gasteiger partial charge in [-0.2, -0.15) is 0 Å². The van der Waals surface area contributed by atoms with Crippen LogP contribution in [0.5, 0.6) is 0 Å². The number of carbonyl (C=O) groups excluding carboxylic acids is 2. The number of hydrogen-bond donors (Lipinski definition) is 0. The Morgan fingerprint density at radius 2 is 1.52 bits per heavy atom. The molecule has 2 aliphatic rings. The quantitative estimate of drug-likeness (QED) is 0.691. The lowest BCUT2D eigenvalue weighted by molar-refractivity contribution is 0.0274. The molecule has 0 radical (unpaired) electrons. The molecule has 140 valence electrons. The van der Waals surface area contributed by atoms with Crippen molar-refractivity contribution in [2.75, 3.05) is 24.6 Å². The highest BCUT2D eigenvalue weighted by molar-refractivity contribution is 7.91. The van der Waals surface area contributed by atoms with E-state index in [1.54, 1.807) is 18.2 Å². The van der Waals surface area contributed by atoms with Crippen LogP contribution in [-0.2, 0) is 9.84 Å². The molecule has 4 rings (SSSR count). The zero-order chi connectivity index (χ0) is 19.0. The third-order valence-corrected chi connectivity index (χ3v) is 6.56. The first kappa shape index (κ1) is 17.5. The first-order valence-corrected chi connectivity index (χ1v) is 10.3. The summed E-state index contributed by atoms with van der Waals surface area (Å²) >= 11 is 0. The largest absolute Gasteiger partial charge is 0.329 e. The molecule has 0 bridgehead atoms. The van der Waals surface area contributed by atoms with Crippen molar-refractivity contribution >= 4 is 21.7 Å². The standard InChI is InChI=1S/C17H17N5O4S/c23-16(12-3-1-2-4-19-12)21-7-8-22(15-11-27(25,26)10-14(15)21)17(24)13-9-18-5-6-20-13/h1-6,9,14-15H,7-8,10-11H2/t14-,15+/m0/s1. The molecule has 2 atom stereocenters. The lowest BCUT2D eigenvalue weighted by Crippen LogP contribution is -2.62. The Hall–Kier alpha value is -2.88. The van der Waals surface area contributed by atoms with Crippen LogP contribution in [0.4, 0.5) is 0 Å². The van der Waals surface area contributed by atoms with Crippen LogP contribution in [-0.4, -0.2) is 81.7 Å². The third kappa shape index (κ3) is 3.27. The summed E-state index contributed by atoms with van der Waals surface area (Å²) in [6.07, 6.45) is 5.75. The molecule has 2 aromatic rings. The molecule has 2 amide bonds. The van der Waals surface area contributed by atoms with E-state index in [0.717, 1.165) is 0 Å². The van der Waals surface area contributed by atoms with Crippen molar-refractivity contribution in [1.29, 1.82) is 0 Å². The molecule has 2 fully saturated rings. The molecule has 2 aromatic heterocycles. The predicted molar refractivity (Wildman–Crippen MR) is 94.6 cm³/mol. The van der Waals surface area contributed by atoms with Crippen molar-refractivity contribution in [1.82, 2.24) is 24.8 Å². The molecule has 0 unspecified atom stereocenters. The van der Waals surface area contributed by atoms with Crippen molar-refractivity contribution < 1.29 is 18.0 Å². The fraction of sp³-hybridized carbons (Fsp3) is 0.353. The topological polar surface area (TPSA) is 113 Å². The third-order valence-electron chi connectivity index (χ3n) is 4.86. The van der Waals surface area contributed by atoms with E-state index < -0.39 is 21.9 Å². The molecular formula is C17H17N5O4S. The Labute approximate surface area is 156 Å². The number of amides is 2. The van der Waals surface area contributed by atoms with Gasteiger partial charge in [-0.15, -0.1) is 0 Å². The number of rotatable bonds is 2. The minimum Gasteiger partial charge on any atom is -0.329 e. The van der Waals surface area contributed by atoms with E-state index in [2.05, 4.69) is 15.0 Å². The summed E-state index contributed by atoms with van der Waals surface area (Å²) < 4.78 is 24.6. The molecular weight excluding hydrogens is 370 g/mol. The maximum atomic E-state index is 12.8. The molecule has 0 saturated carbocycles. The van der Waals surface area contributed by atoms with Gasteiger partial charge < -0.3 is 9.80 Å². The summed E-state index contributed by atoms with van der Waals surface area (Å²) in [5.74, 6) is -1.04. The molecule has 2 aliphatic heterocycles. The van der Waals surface area contributed by atoms with Crippen molar-refractivity contribution in [2.24, 2.45) is 0 Å². The van der Waals surface area contributed by atoms with Crippen molar-refractivity contribution in [3.63, 3.8) is 0 Å². The maximum Gasteiger partial charge on any atom is 0.274 e. The summed E-state index contributed by atoms with van der Waals surface area (Å²) in [6.45, 7) is 0.461. The second-order valence-electron chi connectivity index (χ2n) is 6.51. The van der Waals surface area contributed by atoms with E-state index in [1.165, 1.54) is 34.6 Å². The molecule has 0 N–H and O–H groups in total. The van der Waals surface area contributed by atoms with E-state index >= 15 is 0 Å². The van der Waals surface area contributed by atoms with Gasteiger partial charge in [0.1, 0.15) is 11.4 Å². The Morgan fingerprint density at radius 3 is 2.07 bits per heavy atom. The second-order valence-corrected chi connectivity index (χ2v) is 8.67. The Morgan fingerprint density at radius 1 is 0.889 bits per heavy atom. The minimum absolute atomic E-state index is 0.157. The Bertz CT molecular complexity index is 894. The van der Waals surface area contributed by atoms with Gasteiger partial charge in [0, 0.05) is 31.7 Å². The van der Waals surface area contributed by atoms with Gasteiger partial charge in [0.25, 0.3) is 11.8 Å². The number of hydrogen-bond acceptors (Lipinski definition) is 7. The number of sulfone groups is 1. The van der Waals surface area contributed by atoms with Gasteiger partial charge in [-0.3, -0.25) is 19.6 Å². The molecule has 0 aliphatic carbocycles. The van der Waals surface area contributed by atoms with Crippen LogP contribution in [0.15, 0.2) is 43.0 Å². The highest BCUT2D eigenvalue weighted by Gasteiger charge is 2.49. The maximum absolute atomic E-state index is 12.8. The average Bonchev–Trinajstić information content (AvgIpc) is 3.02. The van der Waals surface area contributed by atoms with Crippen LogP contribution < -0.4 is 0 Å². The SMILES string of the molecule is O=C(c1cnccn1)N1CCN(C(=O)c2ccccn2)[C@H]2CS(=O)(=O)C[C@H]21. The van der Waals surface area contributed by atoms with Crippen LogP contribution in [0.3, 0.4) is 0 Å². The van der Waals surface area contributed by atoms with Crippen LogP contribution in [0.2, 0.25) is 0 Å². The van der Waals surface area contributed by atoms with Gasteiger partial charge in [0.2, 0.25) is 0 Å². The molecule has 0 aromatic carbocycles. The lowest BCUT2D eigenvalue weighted by Gasteiger charge is -2.43. The van der Waals surface area contributed by atoms with Gasteiger partial charge in [-0.1, -0.05) is 6.07 Å². The summed E-state index contributed by atoms with van der Waals surface area (Å²) in [6, 6.07) is 3.80. The fourth-order valence-corrected chi connectivity index (χ4v) is 5.63. The normalized spacial score (nSPS) is 23.7. The van der Waals surface area contributed by atoms with Crippen LogP contribution in [0.1, 0.15) is 21.0 Å². The summed E-state index contributed by atoms with van der Waals surface area (Å²) in [4.78, 5) is 40.7. The van der Waals surface area contributed by atoms with Gasteiger partial charge >= 0.3 is 0 Å². The number of nitrogens with zero attached hydrogens (tertiary/aromatic N) is 5. The molecule has 0 spiro atoms. The van der Waals surface area contributed by atoms with E-state index in [0.29, 0.717) is 0 Å². The monoisotopic (exact) mass is 387 g/mol. The zero-order valence-electron chi connectivity index (χ0n) is 14.3. The van der Waals surface area contributed by atoms with Crippen LogP contribution in [0.25, 0.3) is 0 Å². The molecule has 9 nitrogen and oxygen atoms in total. The highest BCUT2D eigenvalue weighted by atomic mass is 32.2. The number of piperazine rings is 1. The summed E-state index contributed by atoms with van der Waals surface area (Å²) in [7, 11) is -3.37. The molecule has 4 heterocycles. The number of aromatic nitrogens is 3. The van der Waals surface area contributed by atoms with Crippen molar-refractivity contribution in [3.05, 3.63) is 54.4 Å². The molecule has 2 saturated heterocycles. The van der Waals surface area contributed by atoms with Crippen LogP contribution >= 0.6 is 0 Å². The van der Waals surface area contributed by atoms with E-state index in [4.69, 9.17) is 0 Å². The fourth-order valence-electron chi connectivity index (χ4n) is 3.65. The summed E-state index contributed by atoms with van der Waals surface area (Å²) in [5.41, 5.74) is 0.416. The zero-order valence-corrected chi connectivity index (χ0v) is 15.1. The number of carbonyl (C=O) groups is 2. The minimum atomic E-state index is -3.37. The van der Waals surface area contributed by atoms with E-state index in [-0.39, 0.29) is 47.8 Å². The van der Waals surface area contributed by atoms with Gasteiger partial charge in [0.05, 0.1) is 29.8 Å². The second kappa shape index (κ2) is 6.69. The number of pyridine rings is 1. The average molecular weight is 387 g/mol. The number of fused-ring (bicyclic) bond motifs is 1. The van der Waals surface area contributed by atoms with Gasteiger partial charge in [-0.05, 0) is 12.1 Å². The van der Waals surface area contributed by atoms with Gasteiger partial charge in [-0.25, -0.2) is 13.4 Å². The Kier molecular flexibility index (Phi) is 4.34. The first-order valence-electron chi connectivity index (χ1n) is 8.46. The van der Waals surface area contributed by atoms with E-state index in [9.17, 15) is 18.0 Å². The first-order chi connectivity index (χ1) is 13.0. The lowest BCUT2D eigenvalue weighted by atomic mass is 10.0. The van der Waals surface area contributed by atoms with Gasteiger partial charge in [0.15, 0.2) is 9.84 Å². The van der Waals surface area contributed by atoms with Crippen molar-refractivity contribution in [3.8, 4) is 0 Å². The van der Waals surface area contributed by atoms with E-state index in [1.807, 2.05) is 0 Å². The molecule has 27 heavy (non-hydrogen) atoms. The van der Waals surface area contributed by atoms with Crippen LogP contribution in [0, 0.1) is 0 Å². The predicted octanol–water partition coefficient (Wildman–Crippen LogP) is -0.365. The molecule has 10 heteroatoms. The smallest absolute Gasteiger partial charge is 0.274 e. The highest BCUT2D eigenvalue weighted by Crippen LogP contribution is 2.28. The van der Waals surface area contributed by atoms with Crippen molar-refractivity contribution in [2.45, 2.75) is 12.1 Å². The Balaban J connectivity index is 1.64. The summed E-state index contributed by atoms with van der Waals surface area (Å²) in [5, 5.41) is 0.